The van der Waals surface area contributed by atoms with Crippen LogP contribution < -0.4 is 20.3 Å². The third-order valence-electron chi connectivity index (χ3n) is 6.13. The van der Waals surface area contributed by atoms with Gasteiger partial charge in [0.05, 0.1) is 30.5 Å². The Morgan fingerprint density at radius 2 is 2.14 bits per heavy atom. The third kappa shape index (κ3) is 4.86. The number of benzene rings is 1. The summed E-state index contributed by atoms with van der Waals surface area (Å²) in [6, 6.07) is 9.95. The number of thiazole rings is 1. The number of carbonyl (C=O) groups excluding carboxylic acids is 1. The van der Waals surface area contributed by atoms with Gasteiger partial charge in [0.2, 0.25) is 0 Å². The molecule has 1 aliphatic carbocycles. The molecule has 3 aromatic rings. The summed E-state index contributed by atoms with van der Waals surface area (Å²) in [7, 11) is 2.07. The zero-order chi connectivity index (χ0) is 24.6. The van der Waals surface area contributed by atoms with E-state index in [0.29, 0.717) is 13.2 Å². The zero-order valence-electron chi connectivity index (χ0n) is 20.0. The molecule has 0 atom stereocenters. The van der Waals surface area contributed by atoms with E-state index in [1.807, 2.05) is 17.5 Å². The van der Waals surface area contributed by atoms with Crippen LogP contribution in [0.1, 0.15) is 37.2 Å². The first-order chi connectivity index (χ1) is 16.8. The number of aromatic nitrogens is 3. The van der Waals surface area contributed by atoms with E-state index in [4.69, 9.17) is 9.72 Å². The minimum Gasteiger partial charge on any atom is -0.490 e. The summed E-state index contributed by atoms with van der Waals surface area (Å²) in [5.74, 6) is 0.617. The molecule has 3 heterocycles. The van der Waals surface area contributed by atoms with Crippen LogP contribution in [0.5, 0.6) is 5.75 Å². The summed E-state index contributed by atoms with van der Waals surface area (Å²) in [6.07, 6.45) is 3.68. The van der Waals surface area contributed by atoms with E-state index in [1.165, 1.54) is 21.6 Å². The Balaban J connectivity index is 1.25. The molecule has 5 rings (SSSR count). The van der Waals surface area contributed by atoms with Crippen molar-refractivity contribution < 1.29 is 9.53 Å². The number of nitrogens with zero attached hydrogens (tertiary/aromatic N) is 5. The first kappa shape index (κ1) is 22.9. The molecule has 0 unspecified atom stereocenters. The fraction of sp³-hybridized carbons (Fsp3) is 0.360. The lowest BCUT2D eigenvalue weighted by Crippen LogP contribution is -2.29. The molecule has 9 nitrogen and oxygen atoms in total. The molecule has 1 fully saturated rings. The SMILES string of the molecule is CN1CCOc2ccc(-c3csc(NC(CNC(=O)c4ccn(C(C)(C)C#N)n4)=C4CC4)n3)cc21. The Bertz CT molecular complexity index is 1340. The second-order valence-corrected chi connectivity index (χ2v) is 10.1. The Hall–Kier alpha value is -3.84. The molecule has 1 aromatic carbocycles. The van der Waals surface area contributed by atoms with E-state index in [1.54, 1.807) is 26.1 Å². The average Bonchev–Trinajstić information content (AvgIpc) is 3.38. The van der Waals surface area contributed by atoms with E-state index in [2.05, 4.69) is 39.8 Å². The lowest BCUT2D eigenvalue weighted by atomic mass is 10.1. The van der Waals surface area contributed by atoms with Crippen molar-refractivity contribution in [3.63, 3.8) is 0 Å². The predicted molar refractivity (Wildman–Crippen MR) is 136 cm³/mol. The van der Waals surface area contributed by atoms with Gasteiger partial charge in [0.25, 0.3) is 5.91 Å². The minimum atomic E-state index is -0.815. The van der Waals surface area contributed by atoms with Crippen LogP contribution in [0.4, 0.5) is 10.8 Å². The number of nitriles is 1. The number of allylic oxidation sites excluding steroid dienone is 1. The molecule has 1 saturated carbocycles. The van der Waals surface area contributed by atoms with Gasteiger partial charge in [0, 0.05) is 29.9 Å². The number of hydrogen-bond acceptors (Lipinski definition) is 8. The molecule has 1 aliphatic heterocycles. The van der Waals surface area contributed by atoms with Crippen LogP contribution in [0.2, 0.25) is 0 Å². The molecule has 2 N–H and O–H groups in total. The topological polar surface area (TPSA) is 108 Å². The predicted octanol–water partition coefficient (Wildman–Crippen LogP) is 3.98. The van der Waals surface area contributed by atoms with Crippen LogP contribution in [0, 0.1) is 11.3 Å². The highest BCUT2D eigenvalue weighted by atomic mass is 32.1. The summed E-state index contributed by atoms with van der Waals surface area (Å²) in [5.41, 5.74) is 4.72. The van der Waals surface area contributed by atoms with Gasteiger partial charge in [-0.2, -0.15) is 10.4 Å². The van der Waals surface area contributed by atoms with Crippen LogP contribution in [-0.4, -0.2) is 47.4 Å². The van der Waals surface area contributed by atoms with Gasteiger partial charge in [-0.1, -0.05) is 0 Å². The minimum absolute atomic E-state index is 0.279. The molecule has 0 bridgehead atoms. The first-order valence-electron chi connectivity index (χ1n) is 11.5. The van der Waals surface area contributed by atoms with Gasteiger partial charge in [0.1, 0.15) is 23.6 Å². The molecule has 0 spiro atoms. The Morgan fingerprint density at radius 3 is 2.91 bits per heavy atom. The summed E-state index contributed by atoms with van der Waals surface area (Å²) in [6.45, 7) is 5.42. The van der Waals surface area contributed by atoms with Crippen molar-refractivity contribution in [3.8, 4) is 23.1 Å². The molecule has 10 heteroatoms. The average molecular weight is 490 g/mol. The van der Waals surface area contributed by atoms with Gasteiger partial charge in [-0.3, -0.25) is 9.48 Å². The maximum atomic E-state index is 12.7. The number of carbonyl (C=O) groups is 1. The number of amides is 1. The monoisotopic (exact) mass is 489 g/mol. The van der Waals surface area contributed by atoms with Crippen LogP contribution >= 0.6 is 11.3 Å². The van der Waals surface area contributed by atoms with Crippen molar-refractivity contribution in [1.82, 2.24) is 20.1 Å². The highest BCUT2D eigenvalue weighted by Crippen LogP contribution is 2.37. The van der Waals surface area contributed by atoms with Gasteiger partial charge < -0.3 is 20.3 Å². The number of fused-ring (bicyclic) bond motifs is 1. The molecule has 0 radical (unpaired) electrons. The van der Waals surface area contributed by atoms with Crippen molar-refractivity contribution in [2.75, 3.05) is 37.0 Å². The van der Waals surface area contributed by atoms with E-state index in [-0.39, 0.29) is 11.6 Å². The summed E-state index contributed by atoms with van der Waals surface area (Å²) >= 11 is 1.54. The highest BCUT2D eigenvalue weighted by Gasteiger charge is 2.23. The van der Waals surface area contributed by atoms with Gasteiger partial charge in [0.15, 0.2) is 5.13 Å². The van der Waals surface area contributed by atoms with E-state index < -0.39 is 5.54 Å². The Kier molecular flexibility index (Phi) is 5.94. The van der Waals surface area contributed by atoms with Gasteiger partial charge in [-0.05, 0) is 56.5 Å². The van der Waals surface area contributed by atoms with Crippen molar-refractivity contribution in [3.05, 3.63) is 52.8 Å². The number of rotatable bonds is 7. The van der Waals surface area contributed by atoms with Gasteiger partial charge in [-0.25, -0.2) is 4.98 Å². The second kappa shape index (κ2) is 9.07. The normalized spacial score (nSPS) is 14.6. The standard InChI is InChI=1S/C25H27N7O2S/c1-25(2,15-26)32-9-8-18(30-32)23(33)27-13-19(16-4-5-16)28-24-29-20(14-35-24)17-6-7-22-21(12-17)31(3)10-11-34-22/h6-9,12,14H,4-5,10-11,13H2,1-3H3,(H,27,33)(H,28,29). The molecule has 2 aliphatic rings. The van der Waals surface area contributed by atoms with Gasteiger partial charge >= 0.3 is 0 Å². The molecular weight excluding hydrogens is 462 g/mol. The van der Waals surface area contributed by atoms with E-state index in [0.717, 1.165) is 52.9 Å². The molecule has 1 amide bonds. The largest absolute Gasteiger partial charge is 0.490 e. The summed E-state index contributed by atoms with van der Waals surface area (Å²) < 4.78 is 7.25. The van der Waals surface area contributed by atoms with Gasteiger partial charge in [-0.15, -0.1) is 11.3 Å². The molecule has 180 valence electrons. The first-order valence-corrected chi connectivity index (χ1v) is 12.4. The number of anilines is 2. The summed E-state index contributed by atoms with van der Waals surface area (Å²) in [4.78, 5) is 19.6. The van der Waals surface area contributed by atoms with Crippen LogP contribution in [-0.2, 0) is 5.54 Å². The lowest BCUT2D eigenvalue weighted by Gasteiger charge is -2.27. The number of hydrogen-bond donors (Lipinski definition) is 2. The van der Waals surface area contributed by atoms with Crippen molar-refractivity contribution >= 4 is 28.1 Å². The van der Waals surface area contributed by atoms with Crippen molar-refractivity contribution in [2.45, 2.75) is 32.2 Å². The smallest absolute Gasteiger partial charge is 0.272 e. The summed E-state index contributed by atoms with van der Waals surface area (Å²) in [5, 5.41) is 22.7. The highest BCUT2D eigenvalue weighted by molar-refractivity contribution is 7.14. The maximum absolute atomic E-state index is 12.7. The zero-order valence-corrected chi connectivity index (χ0v) is 20.8. The van der Waals surface area contributed by atoms with Crippen molar-refractivity contribution in [2.24, 2.45) is 0 Å². The molecule has 0 saturated heterocycles. The van der Waals surface area contributed by atoms with Crippen LogP contribution in [0.15, 0.2) is 47.1 Å². The van der Waals surface area contributed by atoms with Crippen molar-refractivity contribution in [1.29, 1.82) is 5.26 Å². The maximum Gasteiger partial charge on any atom is 0.272 e. The Labute approximate surface area is 208 Å². The molecule has 2 aromatic heterocycles. The second-order valence-electron chi connectivity index (χ2n) is 9.20. The van der Waals surface area contributed by atoms with Crippen LogP contribution in [0.3, 0.4) is 0 Å². The fourth-order valence-corrected chi connectivity index (χ4v) is 4.54. The van der Waals surface area contributed by atoms with E-state index >= 15 is 0 Å². The number of nitrogens with one attached hydrogen (secondary N) is 2. The number of likely N-dealkylation sites (N-methyl/N-ethyl adjacent to an activating group) is 1. The fourth-order valence-electron chi connectivity index (χ4n) is 3.79. The molecular formula is C25H27N7O2S. The van der Waals surface area contributed by atoms with Crippen LogP contribution in [0.25, 0.3) is 11.3 Å². The quantitative estimate of drug-likeness (QED) is 0.517. The number of ether oxygens (including phenoxy) is 1. The van der Waals surface area contributed by atoms with E-state index in [9.17, 15) is 10.1 Å². The Morgan fingerprint density at radius 1 is 1.31 bits per heavy atom. The lowest BCUT2D eigenvalue weighted by molar-refractivity contribution is 0.0950. The molecule has 35 heavy (non-hydrogen) atoms. The third-order valence-corrected chi connectivity index (χ3v) is 6.89.